The summed E-state index contributed by atoms with van der Waals surface area (Å²) in [6.07, 6.45) is 0.412. The second-order valence-electron chi connectivity index (χ2n) is 5.58. The highest BCUT2D eigenvalue weighted by molar-refractivity contribution is 5.76. The minimum Gasteiger partial charge on any atom is -0.497 e. The summed E-state index contributed by atoms with van der Waals surface area (Å²) in [5.41, 5.74) is 6.95. The summed E-state index contributed by atoms with van der Waals surface area (Å²) in [5, 5.41) is 2.90. The SMILES string of the molecule is COc1cccc(CN(C)C(CN)CC(=O)NC(C)C)c1. The molecule has 5 nitrogen and oxygen atoms in total. The van der Waals surface area contributed by atoms with E-state index in [4.69, 9.17) is 10.5 Å². The fourth-order valence-electron chi connectivity index (χ4n) is 2.20. The number of carbonyl (C=O) groups is 1. The number of amides is 1. The normalized spacial score (nSPS) is 12.5. The predicted octanol–water partition coefficient (Wildman–Crippen LogP) is 1.37. The maximum absolute atomic E-state index is 11.9. The second-order valence-corrected chi connectivity index (χ2v) is 5.58. The lowest BCUT2D eigenvalue weighted by atomic mass is 10.1. The van der Waals surface area contributed by atoms with Crippen molar-refractivity contribution in [1.29, 1.82) is 0 Å². The van der Waals surface area contributed by atoms with Gasteiger partial charge in [-0.15, -0.1) is 0 Å². The van der Waals surface area contributed by atoms with Gasteiger partial charge in [0.2, 0.25) is 5.91 Å². The van der Waals surface area contributed by atoms with Crippen LogP contribution in [0.4, 0.5) is 0 Å². The van der Waals surface area contributed by atoms with E-state index >= 15 is 0 Å². The number of benzene rings is 1. The van der Waals surface area contributed by atoms with Crippen LogP contribution >= 0.6 is 0 Å². The largest absolute Gasteiger partial charge is 0.497 e. The molecule has 0 radical (unpaired) electrons. The number of rotatable bonds is 8. The third kappa shape index (κ3) is 6.14. The zero-order valence-electron chi connectivity index (χ0n) is 13.4. The van der Waals surface area contributed by atoms with Crippen LogP contribution in [0.2, 0.25) is 0 Å². The molecule has 5 heteroatoms. The quantitative estimate of drug-likeness (QED) is 0.759. The number of hydrogen-bond acceptors (Lipinski definition) is 4. The van der Waals surface area contributed by atoms with Gasteiger partial charge in [-0.25, -0.2) is 0 Å². The van der Waals surface area contributed by atoms with Gasteiger partial charge in [-0.3, -0.25) is 9.69 Å². The molecule has 118 valence electrons. The van der Waals surface area contributed by atoms with Crippen LogP contribution in [0.25, 0.3) is 0 Å². The first-order valence-electron chi connectivity index (χ1n) is 7.28. The van der Waals surface area contributed by atoms with Crippen molar-refractivity contribution in [2.45, 2.75) is 38.9 Å². The first-order chi connectivity index (χ1) is 9.96. The molecule has 1 aromatic carbocycles. The van der Waals surface area contributed by atoms with Crippen molar-refractivity contribution in [3.63, 3.8) is 0 Å². The van der Waals surface area contributed by atoms with Crippen LogP contribution in [-0.4, -0.2) is 43.6 Å². The lowest BCUT2D eigenvalue weighted by Gasteiger charge is -2.27. The van der Waals surface area contributed by atoms with Crippen LogP contribution in [0.15, 0.2) is 24.3 Å². The van der Waals surface area contributed by atoms with Gasteiger partial charge in [0.1, 0.15) is 5.75 Å². The highest BCUT2D eigenvalue weighted by Crippen LogP contribution is 2.15. The number of nitrogens with one attached hydrogen (secondary N) is 1. The molecule has 0 aliphatic heterocycles. The molecular weight excluding hydrogens is 266 g/mol. The molecule has 0 aromatic heterocycles. The van der Waals surface area contributed by atoms with Gasteiger partial charge >= 0.3 is 0 Å². The molecule has 0 spiro atoms. The molecule has 1 rings (SSSR count). The number of nitrogens with two attached hydrogens (primary N) is 1. The van der Waals surface area contributed by atoms with E-state index in [0.717, 1.165) is 17.9 Å². The van der Waals surface area contributed by atoms with E-state index in [1.54, 1.807) is 7.11 Å². The Morgan fingerprint density at radius 3 is 2.71 bits per heavy atom. The standard InChI is InChI=1S/C16H27N3O2/c1-12(2)18-16(20)9-14(10-17)19(3)11-13-6-5-7-15(8-13)21-4/h5-8,12,14H,9-11,17H2,1-4H3,(H,18,20). The number of likely N-dealkylation sites (N-methyl/N-ethyl adjacent to an activating group) is 1. The Morgan fingerprint density at radius 2 is 2.14 bits per heavy atom. The molecule has 0 fully saturated rings. The number of methoxy groups -OCH3 is 1. The van der Waals surface area contributed by atoms with Crippen LogP contribution in [0.3, 0.4) is 0 Å². The Balaban J connectivity index is 2.61. The molecule has 0 aliphatic carbocycles. The lowest BCUT2D eigenvalue weighted by Crippen LogP contribution is -2.42. The second kappa shape index (κ2) is 8.64. The molecule has 0 saturated carbocycles. The summed E-state index contributed by atoms with van der Waals surface area (Å²) in [7, 11) is 3.64. The van der Waals surface area contributed by atoms with E-state index in [9.17, 15) is 4.79 Å². The lowest BCUT2D eigenvalue weighted by molar-refractivity contribution is -0.122. The van der Waals surface area contributed by atoms with Gasteiger partial charge in [0.25, 0.3) is 0 Å². The zero-order valence-corrected chi connectivity index (χ0v) is 13.4. The van der Waals surface area contributed by atoms with Gasteiger partial charge in [-0.1, -0.05) is 12.1 Å². The first kappa shape index (κ1) is 17.5. The summed E-state index contributed by atoms with van der Waals surface area (Å²) in [6, 6.07) is 8.10. The summed E-state index contributed by atoms with van der Waals surface area (Å²) in [5.74, 6) is 0.876. The zero-order chi connectivity index (χ0) is 15.8. The smallest absolute Gasteiger partial charge is 0.221 e. The maximum Gasteiger partial charge on any atom is 0.221 e. The summed E-state index contributed by atoms with van der Waals surface area (Å²) < 4.78 is 5.22. The molecule has 1 aromatic rings. The number of carbonyl (C=O) groups excluding carboxylic acids is 1. The highest BCUT2D eigenvalue weighted by atomic mass is 16.5. The third-order valence-electron chi connectivity index (χ3n) is 3.33. The molecule has 0 bridgehead atoms. The molecule has 1 unspecified atom stereocenters. The number of hydrogen-bond donors (Lipinski definition) is 2. The molecule has 0 saturated heterocycles. The van der Waals surface area contributed by atoms with Crippen molar-refractivity contribution in [2.24, 2.45) is 5.73 Å². The molecule has 1 atom stereocenters. The van der Waals surface area contributed by atoms with Crippen LogP contribution < -0.4 is 15.8 Å². The summed E-state index contributed by atoms with van der Waals surface area (Å²) in [4.78, 5) is 14.0. The van der Waals surface area contributed by atoms with Crippen molar-refractivity contribution in [3.8, 4) is 5.75 Å². The van der Waals surface area contributed by atoms with E-state index in [2.05, 4.69) is 10.2 Å². The van der Waals surface area contributed by atoms with Gasteiger partial charge < -0.3 is 15.8 Å². The van der Waals surface area contributed by atoms with E-state index in [-0.39, 0.29) is 18.0 Å². The van der Waals surface area contributed by atoms with Gasteiger partial charge in [0, 0.05) is 31.6 Å². The summed E-state index contributed by atoms with van der Waals surface area (Å²) in [6.45, 7) is 5.09. The maximum atomic E-state index is 11.9. The Labute approximate surface area is 127 Å². The molecule has 0 aliphatic rings. The average Bonchev–Trinajstić information content (AvgIpc) is 2.44. The monoisotopic (exact) mass is 293 g/mol. The van der Waals surface area contributed by atoms with Gasteiger partial charge in [0.05, 0.1) is 7.11 Å². The van der Waals surface area contributed by atoms with Crippen molar-refractivity contribution < 1.29 is 9.53 Å². The fourth-order valence-corrected chi connectivity index (χ4v) is 2.20. The topological polar surface area (TPSA) is 67.6 Å². The molecular formula is C16H27N3O2. The van der Waals surface area contributed by atoms with Crippen molar-refractivity contribution in [1.82, 2.24) is 10.2 Å². The van der Waals surface area contributed by atoms with Gasteiger partial charge in [-0.05, 0) is 38.6 Å². The minimum atomic E-state index is 0.0231. The van der Waals surface area contributed by atoms with Crippen molar-refractivity contribution in [3.05, 3.63) is 29.8 Å². The predicted molar refractivity (Wildman–Crippen MR) is 85.2 cm³/mol. The van der Waals surface area contributed by atoms with Crippen molar-refractivity contribution >= 4 is 5.91 Å². The highest BCUT2D eigenvalue weighted by Gasteiger charge is 2.18. The van der Waals surface area contributed by atoms with E-state index < -0.39 is 0 Å². The molecule has 21 heavy (non-hydrogen) atoms. The molecule has 3 N–H and O–H groups in total. The van der Waals surface area contributed by atoms with E-state index in [1.165, 1.54) is 0 Å². The van der Waals surface area contributed by atoms with Crippen LogP contribution in [0.1, 0.15) is 25.8 Å². The van der Waals surface area contributed by atoms with Gasteiger partial charge in [-0.2, -0.15) is 0 Å². The first-order valence-corrected chi connectivity index (χ1v) is 7.28. The number of ether oxygens (including phenoxy) is 1. The minimum absolute atomic E-state index is 0.0231. The van der Waals surface area contributed by atoms with E-state index in [0.29, 0.717) is 13.0 Å². The fraction of sp³-hybridized carbons (Fsp3) is 0.562. The number of nitrogens with zero attached hydrogens (tertiary/aromatic N) is 1. The molecule has 1 amide bonds. The summed E-state index contributed by atoms with van der Waals surface area (Å²) >= 11 is 0. The van der Waals surface area contributed by atoms with Crippen LogP contribution in [-0.2, 0) is 11.3 Å². The Morgan fingerprint density at radius 1 is 1.43 bits per heavy atom. The Kier molecular flexibility index (Phi) is 7.19. The average molecular weight is 293 g/mol. The Bertz CT molecular complexity index is 449. The van der Waals surface area contributed by atoms with Crippen LogP contribution in [0.5, 0.6) is 5.75 Å². The van der Waals surface area contributed by atoms with Crippen molar-refractivity contribution in [2.75, 3.05) is 20.7 Å². The van der Waals surface area contributed by atoms with E-state index in [1.807, 2.05) is 45.2 Å². The van der Waals surface area contributed by atoms with Crippen LogP contribution in [0, 0.1) is 0 Å². The third-order valence-corrected chi connectivity index (χ3v) is 3.33. The van der Waals surface area contributed by atoms with Gasteiger partial charge in [0.15, 0.2) is 0 Å². The Hall–Kier alpha value is -1.59. The molecule has 0 heterocycles.